The van der Waals surface area contributed by atoms with E-state index in [0.29, 0.717) is 0 Å². The summed E-state index contributed by atoms with van der Waals surface area (Å²) in [6.45, 7) is 0. The predicted octanol–water partition coefficient (Wildman–Crippen LogP) is 2.15. The van der Waals surface area contributed by atoms with Gasteiger partial charge in [-0.1, -0.05) is 12.2 Å². The Morgan fingerprint density at radius 2 is 2.43 bits per heavy atom. The minimum absolute atomic E-state index is 0.218. The first-order valence-corrected chi connectivity index (χ1v) is 3.32. The highest BCUT2D eigenvalue weighted by molar-refractivity contribution is 7.80. The van der Waals surface area contributed by atoms with Crippen LogP contribution in [-0.2, 0) is 0 Å². The summed E-state index contributed by atoms with van der Waals surface area (Å²) in [6.07, 6.45) is 3.37. The maximum atomic E-state index is 5.72. The number of rotatable bonds is 0. The van der Waals surface area contributed by atoms with E-state index in [1.54, 1.807) is 0 Å². The molecule has 0 N–H and O–H groups in total. The molecule has 0 aromatic heterocycles. The Bertz CT molecular complexity index is 90.1. The van der Waals surface area contributed by atoms with Crippen LogP contribution in [0.15, 0.2) is 0 Å². The SMILES string of the molecule is S=C1CCCC1Cl. The number of hydrogen-bond acceptors (Lipinski definition) is 1. The van der Waals surface area contributed by atoms with Gasteiger partial charge in [0.15, 0.2) is 0 Å². The maximum Gasteiger partial charge on any atom is 0.0648 e. The molecule has 1 aliphatic carbocycles. The molecule has 0 amide bonds. The van der Waals surface area contributed by atoms with Gasteiger partial charge in [-0.15, -0.1) is 11.6 Å². The van der Waals surface area contributed by atoms with E-state index in [4.69, 9.17) is 23.8 Å². The zero-order valence-electron chi connectivity index (χ0n) is 3.98. The van der Waals surface area contributed by atoms with Gasteiger partial charge in [0.05, 0.1) is 5.38 Å². The minimum atomic E-state index is 0.218. The molecule has 1 unspecified atom stereocenters. The lowest BCUT2D eigenvalue weighted by Gasteiger charge is -1.92. The number of alkyl halides is 1. The molecule has 7 heavy (non-hydrogen) atoms. The Morgan fingerprint density at radius 1 is 1.71 bits per heavy atom. The summed E-state index contributed by atoms with van der Waals surface area (Å²) >= 11 is 10.6. The van der Waals surface area contributed by atoms with Gasteiger partial charge in [-0.25, -0.2) is 0 Å². The molecule has 0 saturated heterocycles. The third-order valence-electron chi connectivity index (χ3n) is 1.23. The van der Waals surface area contributed by atoms with Crippen molar-refractivity contribution in [1.82, 2.24) is 0 Å². The van der Waals surface area contributed by atoms with Crippen LogP contribution in [0.25, 0.3) is 0 Å². The van der Waals surface area contributed by atoms with Crippen LogP contribution in [0.5, 0.6) is 0 Å². The fourth-order valence-corrected chi connectivity index (χ4v) is 1.30. The van der Waals surface area contributed by atoms with E-state index in [9.17, 15) is 0 Å². The van der Waals surface area contributed by atoms with Gasteiger partial charge in [0.1, 0.15) is 0 Å². The smallest absolute Gasteiger partial charge is 0.0648 e. The topological polar surface area (TPSA) is 0 Å². The van der Waals surface area contributed by atoms with Gasteiger partial charge in [-0.3, -0.25) is 0 Å². The van der Waals surface area contributed by atoms with Crippen molar-refractivity contribution in [3.63, 3.8) is 0 Å². The molecular weight excluding hydrogens is 128 g/mol. The van der Waals surface area contributed by atoms with E-state index in [1.807, 2.05) is 0 Å². The molecule has 1 fully saturated rings. The quantitative estimate of drug-likeness (QED) is 0.362. The summed E-state index contributed by atoms with van der Waals surface area (Å²) in [5.41, 5.74) is 0. The van der Waals surface area contributed by atoms with Crippen LogP contribution in [0.3, 0.4) is 0 Å². The van der Waals surface area contributed by atoms with Crippen molar-refractivity contribution in [2.45, 2.75) is 24.6 Å². The van der Waals surface area contributed by atoms with Crippen LogP contribution in [0.1, 0.15) is 19.3 Å². The van der Waals surface area contributed by atoms with E-state index in [1.165, 1.54) is 6.42 Å². The van der Waals surface area contributed by atoms with Crippen molar-refractivity contribution in [2.75, 3.05) is 0 Å². The Morgan fingerprint density at radius 3 is 2.57 bits per heavy atom. The van der Waals surface area contributed by atoms with Gasteiger partial charge in [-0.05, 0) is 19.3 Å². The first kappa shape index (κ1) is 5.52. The third kappa shape index (κ3) is 1.14. The molecule has 1 aliphatic rings. The van der Waals surface area contributed by atoms with Crippen molar-refractivity contribution >= 4 is 28.7 Å². The van der Waals surface area contributed by atoms with Gasteiger partial charge >= 0.3 is 0 Å². The van der Waals surface area contributed by atoms with E-state index in [-0.39, 0.29) is 5.38 Å². The summed E-state index contributed by atoms with van der Waals surface area (Å²) < 4.78 is 0. The van der Waals surface area contributed by atoms with Gasteiger partial charge in [0, 0.05) is 4.86 Å². The molecule has 0 aromatic rings. The lowest BCUT2D eigenvalue weighted by Crippen LogP contribution is -1.99. The van der Waals surface area contributed by atoms with E-state index in [0.717, 1.165) is 17.7 Å². The first-order chi connectivity index (χ1) is 3.30. The molecule has 0 spiro atoms. The zero-order chi connectivity index (χ0) is 5.28. The molecule has 1 atom stereocenters. The molecule has 0 aromatic carbocycles. The molecule has 0 bridgehead atoms. The van der Waals surface area contributed by atoms with Gasteiger partial charge < -0.3 is 0 Å². The van der Waals surface area contributed by atoms with Crippen LogP contribution in [0.4, 0.5) is 0 Å². The van der Waals surface area contributed by atoms with E-state index >= 15 is 0 Å². The van der Waals surface area contributed by atoms with E-state index < -0.39 is 0 Å². The van der Waals surface area contributed by atoms with Crippen molar-refractivity contribution in [3.8, 4) is 0 Å². The zero-order valence-corrected chi connectivity index (χ0v) is 5.56. The second-order valence-corrected chi connectivity index (χ2v) is 2.88. The second-order valence-electron chi connectivity index (χ2n) is 1.83. The lowest BCUT2D eigenvalue weighted by molar-refractivity contribution is 0.889. The molecule has 40 valence electrons. The lowest BCUT2D eigenvalue weighted by atomic mass is 10.4. The van der Waals surface area contributed by atoms with E-state index in [2.05, 4.69) is 0 Å². The molecule has 0 heterocycles. The number of hydrogen-bond donors (Lipinski definition) is 0. The summed E-state index contributed by atoms with van der Waals surface area (Å²) in [6, 6.07) is 0. The highest BCUT2D eigenvalue weighted by atomic mass is 35.5. The molecule has 0 radical (unpaired) electrons. The average Bonchev–Trinajstić information content (AvgIpc) is 1.91. The molecular formula is C5H7ClS. The highest BCUT2D eigenvalue weighted by Crippen LogP contribution is 2.20. The highest BCUT2D eigenvalue weighted by Gasteiger charge is 2.16. The van der Waals surface area contributed by atoms with Crippen molar-refractivity contribution < 1.29 is 0 Å². The maximum absolute atomic E-state index is 5.72. The number of thiocarbonyl (C=S) groups is 1. The molecule has 2 heteroatoms. The molecule has 0 aliphatic heterocycles. The summed E-state index contributed by atoms with van der Waals surface area (Å²) in [5.74, 6) is 0. The second kappa shape index (κ2) is 2.10. The molecule has 1 rings (SSSR count). The van der Waals surface area contributed by atoms with Crippen LogP contribution in [0, 0.1) is 0 Å². The fourth-order valence-electron chi connectivity index (χ4n) is 0.773. The Balaban J connectivity index is 2.48. The Kier molecular flexibility index (Phi) is 1.65. The predicted molar refractivity (Wildman–Crippen MR) is 36.1 cm³/mol. The number of halogens is 1. The summed E-state index contributed by atoms with van der Waals surface area (Å²) in [4.78, 5) is 1.06. The van der Waals surface area contributed by atoms with Crippen LogP contribution in [0.2, 0.25) is 0 Å². The average molecular weight is 135 g/mol. The third-order valence-corrected chi connectivity index (χ3v) is 2.33. The fraction of sp³-hybridized carbons (Fsp3) is 0.800. The minimum Gasteiger partial charge on any atom is -0.117 e. The molecule has 0 nitrogen and oxygen atoms in total. The monoisotopic (exact) mass is 134 g/mol. The van der Waals surface area contributed by atoms with Gasteiger partial charge in [-0.2, -0.15) is 0 Å². The first-order valence-electron chi connectivity index (χ1n) is 2.47. The largest absolute Gasteiger partial charge is 0.117 e. The van der Waals surface area contributed by atoms with Crippen molar-refractivity contribution in [3.05, 3.63) is 0 Å². The molecule has 1 saturated carbocycles. The standard InChI is InChI=1S/C5H7ClS/c6-4-2-1-3-5(4)7/h4H,1-3H2. The van der Waals surface area contributed by atoms with Crippen LogP contribution in [-0.4, -0.2) is 10.2 Å². The summed E-state index contributed by atoms with van der Waals surface area (Å²) in [7, 11) is 0. The normalized spacial score (nSPS) is 31.6. The van der Waals surface area contributed by atoms with Crippen molar-refractivity contribution in [2.24, 2.45) is 0 Å². The van der Waals surface area contributed by atoms with Crippen LogP contribution >= 0.6 is 23.8 Å². The van der Waals surface area contributed by atoms with Crippen molar-refractivity contribution in [1.29, 1.82) is 0 Å². The Labute approximate surface area is 53.9 Å². The van der Waals surface area contributed by atoms with Crippen LogP contribution < -0.4 is 0 Å². The Hall–Kier alpha value is 0.380. The summed E-state index contributed by atoms with van der Waals surface area (Å²) in [5, 5.41) is 0.218. The van der Waals surface area contributed by atoms with Gasteiger partial charge in [0.25, 0.3) is 0 Å². The van der Waals surface area contributed by atoms with Gasteiger partial charge in [0.2, 0.25) is 0 Å².